The highest BCUT2D eigenvalue weighted by molar-refractivity contribution is 7.12. The van der Waals surface area contributed by atoms with Crippen molar-refractivity contribution >= 4 is 29.1 Å². The zero-order valence-corrected chi connectivity index (χ0v) is 11.5. The molecule has 1 aromatic rings. The lowest BCUT2D eigenvalue weighted by Crippen LogP contribution is -2.10. The maximum Gasteiger partial charge on any atom is 0.306 e. The standard InChI is InChI=1S/C13H16O5S/c1-17-12(15)5-2-8-18-13(16)7-6-10(14)11-4-3-9-19-11/h3-4,9H,2,5-8H2,1H3. The Morgan fingerprint density at radius 3 is 2.58 bits per heavy atom. The molecule has 0 amide bonds. The summed E-state index contributed by atoms with van der Waals surface area (Å²) in [5, 5.41) is 1.82. The normalized spacial score (nSPS) is 9.95. The third-order valence-corrected chi connectivity index (χ3v) is 3.28. The van der Waals surface area contributed by atoms with Crippen molar-refractivity contribution in [3.63, 3.8) is 0 Å². The fourth-order valence-electron chi connectivity index (χ4n) is 1.35. The van der Waals surface area contributed by atoms with Crippen LogP contribution in [0.25, 0.3) is 0 Å². The molecule has 104 valence electrons. The van der Waals surface area contributed by atoms with Crippen LogP contribution in [-0.2, 0) is 19.1 Å². The molecule has 0 spiro atoms. The molecule has 0 aliphatic heterocycles. The van der Waals surface area contributed by atoms with Crippen LogP contribution in [-0.4, -0.2) is 31.4 Å². The molecule has 1 rings (SSSR count). The smallest absolute Gasteiger partial charge is 0.306 e. The number of carbonyl (C=O) groups excluding carboxylic acids is 3. The first-order chi connectivity index (χ1) is 9.13. The quantitative estimate of drug-likeness (QED) is 0.416. The highest BCUT2D eigenvalue weighted by Crippen LogP contribution is 2.12. The highest BCUT2D eigenvalue weighted by atomic mass is 32.1. The first-order valence-corrected chi connectivity index (χ1v) is 6.80. The molecule has 0 saturated heterocycles. The van der Waals surface area contributed by atoms with Crippen molar-refractivity contribution in [2.45, 2.75) is 25.7 Å². The fraction of sp³-hybridized carbons (Fsp3) is 0.462. The summed E-state index contributed by atoms with van der Waals surface area (Å²) in [6.07, 6.45) is 0.862. The molecular weight excluding hydrogens is 268 g/mol. The lowest BCUT2D eigenvalue weighted by molar-refractivity contribution is -0.146. The van der Waals surface area contributed by atoms with Gasteiger partial charge in [0.2, 0.25) is 0 Å². The maximum atomic E-state index is 11.6. The Balaban J connectivity index is 2.11. The third kappa shape index (κ3) is 6.15. The van der Waals surface area contributed by atoms with Crippen LogP contribution in [0.15, 0.2) is 17.5 Å². The molecule has 0 aliphatic rings. The van der Waals surface area contributed by atoms with Gasteiger partial charge in [0.25, 0.3) is 0 Å². The molecule has 6 heteroatoms. The van der Waals surface area contributed by atoms with Gasteiger partial charge in [-0.2, -0.15) is 0 Å². The summed E-state index contributed by atoms with van der Waals surface area (Å²) in [6.45, 7) is 0.168. The Kier molecular flexibility index (Phi) is 6.81. The van der Waals surface area contributed by atoms with Crippen molar-refractivity contribution in [1.29, 1.82) is 0 Å². The van der Waals surface area contributed by atoms with E-state index in [2.05, 4.69) is 4.74 Å². The van der Waals surface area contributed by atoms with Crippen LogP contribution < -0.4 is 0 Å². The van der Waals surface area contributed by atoms with Crippen molar-refractivity contribution in [2.75, 3.05) is 13.7 Å². The predicted octanol–water partition coefficient (Wildman–Crippen LogP) is 2.21. The Hall–Kier alpha value is -1.69. The van der Waals surface area contributed by atoms with Gasteiger partial charge in [-0.3, -0.25) is 14.4 Å². The van der Waals surface area contributed by atoms with E-state index in [9.17, 15) is 14.4 Å². The molecule has 0 N–H and O–H groups in total. The van der Waals surface area contributed by atoms with E-state index in [0.29, 0.717) is 11.3 Å². The molecule has 0 bridgehead atoms. The van der Waals surface area contributed by atoms with Crippen molar-refractivity contribution in [2.24, 2.45) is 0 Å². The van der Waals surface area contributed by atoms with Gasteiger partial charge in [0.15, 0.2) is 5.78 Å². The van der Waals surface area contributed by atoms with E-state index in [1.807, 2.05) is 5.38 Å². The van der Waals surface area contributed by atoms with Crippen LogP contribution in [0.1, 0.15) is 35.4 Å². The van der Waals surface area contributed by atoms with E-state index in [1.165, 1.54) is 18.4 Å². The van der Waals surface area contributed by atoms with Crippen molar-refractivity contribution < 1.29 is 23.9 Å². The number of ketones is 1. The number of hydrogen-bond donors (Lipinski definition) is 0. The summed E-state index contributed by atoms with van der Waals surface area (Å²) >= 11 is 1.36. The first kappa shape index (κ1) is 15.4. The Labute approximate surface area is 115 Å². The van der Waals surface area contributed by atoms with E-state index in [-0.39, 0.29) is 37.6 Å². The molecule has 0 fully saturated rings. The molecule has 0 aliphatic carbocycles. The zero-order chi connectivity index (χ0) is 14.1. The number of rotatable bonds is 8. The van der Waals surface area contributed by atoms with E-state index in [0.717, 1.165) is 0 Å². The molecule has 1 heterocycles. The highest BCUT2D eigenvalue weighted by Gasteiger charge is 2.11. The Morgan fingerprint density at radius 1 is 1.16 bits per heavy atom. The molecule has 19 heavy (non-hydrogen) atoms. The van der Waals surface area contributed by atoms with Gasteiger partial charge in [-0.1, -0.05) is 6.07 Å². The molecule has 0 saturated carbocycles. The first-order valence-electron chi connectivity index (χ1n) is 5.92. The second-order valence-corrected chi connectivity index (χ2v) is 4.75. The average molecular weight is 284 g/mol. The topological polar surface area (TPSA) is 69.7 Å². The van der Waals surface area contributed by atoms with Gasteiger partial charge in [-0.05, 0) is 17.9 Å². The van der Waals surface area contributed by atoms with E-state index in [4.69, 9.17) is 4.74 Å². The summed E-state index contributed by atoms with van der Waals surface area (Å²) in [5.74, 6) is -0.805. The van der Waals surface area contributed by atoms with Crippen LogP contribution in [0.3, 0.4) is 0 Å². The maximum absolute atomic E-state index is 11.6. The number of carbonyl (C=O) groups is 3. The molecule has 1 aromatic heterocycles. The van der Waals surface area contributed by atoms with Gasteiger partial charge in [0.05, 0.1) is 25.0 Å². The van der Waals surface area contributed by atoms with Crippen molar-refractivity contribution in [3.05, 3.63) is 22.4 Å². The van der Waals surface area contributed by atoms with E-state index in [1.54, 1.807) is 12.1 Å². The van der Waals surface area contributed by atoms with Gasteiger partial charge >= 0.3 is 11.9 Å². The molecule has 0 radical (unpaired) electrons. The van der Waals surface area contributed by atoms with Crippen LogP contribution in [0.2, 0.25) is 0 Å². The van der Waals surface area contributed by atoms with Crippen LogP contribution in [0.5, 0.6) is 0 Å². The van der Waals surface area contributed by atoms with Crippen molar-refractivity contribution in [3.8, 4) is 0 Å². The zero-order valence-electron chi connectivity index (χ0n) is 10.7. The predicted molar refractivity (Wildman–Crippen MR) is 70.1 cm³/mol. The largest absolute Gasteiger partial charge is 0.469 e. The van der Waals surface area contributed by atoms with Crippen LogP contribution >= 0.6 is 11.3 Å². The summed E-state index contributed by atoms with van der Waals surface area (Å²) in [7, 11) is 1.31. The SMILES string of the molecule is COC(=O)CCCOC(=O)CCC(=O)c1cccs1. The van der Waals surface area contributed by atoms with Crippen LogP contribution in [0.4, 0.5) is 0 Å². The molecule has 0 unspecified atom stereocenters. The minimum absolute atomic E-state index is 0.0542. The third-order valence-electron chi connectivity index (χ3n) is 2.37. The van der Waals surface area contributed by atoms with Crippen LogP contribution in [0, 0.1) is 0 Å². The molecule has 5 nitrogen and oxygen atoms in total. The van der Waals surface area contributed by atoms with Gasteiger partial charge < -0.3 is 9.47 Å². The van der Waals surface area contributed by atoms with Gasteiger partial charge in [-0.25, -0.2) is 0 Å². The van der Waals surface area contributed by atoms with Crippen molar-refractivity contribution in [1.82, 2.24) is 0 Å². The van der Waals surface area contributed by atoms with E-state index < -0.39 is 5.97 Å². The minimum Gasteiger partial charge on any atom is -0.469 e. The number of hydrogen-bond acceptors (Lipinski definition) is 6. The second kappa shape index (κ2) is 8.42. The van der Waals surface area contributed by atoms with Gasteiger partial charge in [0.1, 0.15) is 0 Å². The Morgan fingerprint density at radius 2 is 1.95 bits per heavy atom. The second-order valence-electron chi connectivity index (χ2n) is 3.80. The summed E-state index contributed by atoms with van der Waals surface area (Å²) in [5.41, 5.74) is 0. The monoisotopic (exact) mass is 284 g/mol. The summed E-state index contributed by atoms with van der Waals surface area (Å²) in [4.78, 5) is 34.4. The number of methoxy groups -OCH3 is 1. The van der Waals surface area contributed by atoms with Gasteiger partial charge in [0, 0.05) is 12.8 Å². The number of ether oxygens (including phenoxy) is 2. The number of Topliss-reactive ketones (excluding diaryl/α,β-unsaturated/α-hetero) is 1. The molecule has 0 aromatic carbocycles. The summed E-state index contributed by atoms with van der Waals surface area (Å²) < 4.78 is 9.36. The summed E-state index contributed by atoms with van der Waals surface area (Å²) in [6, 6.07) is 3.53. The van der Waals surface area contributed by atoms with Gasteiger partial charge in [-0.15, -0.1) is 11.3 Å². The van der Waals surface area contributed by atoms with E-state index >= 15 is 0 Å². The Bertz CT molecular complexity index is 424. The molecular formula is C13H16O5S. The minimum atomic E-state index is -0.422. The lowest BCUT2D eigenvalue weighted by atomic mass is 10.2. The number of esters is 2. The molecule has 0 atom stereocenters. The fourth-order valence-corrected chi connectivity index (χ4v) is 2.05. The average Bonchev–Trinajstić information content (AvgIpc) is 2.94. The lowest BCUT2D eigenvalue weighted by Gasteiger charge is -2.03. The number of thiophene rings is 1.